The van der Waals surface area contributed by atoms with E-state index in [1.54, 1.807) is 24.4 Å². The van der Waals surface area contributed by atoms with Gasteiger partial charge in [0.1, 0.15) is 11.6 Å². The highest BCUT2D eigenvalue weighted by molar-refractivity contribution is 5.91. The number of anilines is 3. The van der Waals surface area contributed by atoms with Gasteiger partial charge in [0.2, 0.25) is 5.91 Å². The quantitative estimate of drug-likeness (QED) is 0.761. The van der Waals surface area contributed by atoms with Gasteiger partial charge in [0.05, 0.1) is 18.3 Å². The molecule has 4 nitrogen and oxygen atoms in total. The minimum Gasteiger partial charge on any atom is -0.343 e. The number of hydrogen-bond acceptors (Lipinski definition) is 3. The van der Waals surface area contributed by atoms with Crippen molar-refractivity contribution in [2.24, 2.45) is 0 Å². The molecule has 0 saturated heterocycles. The van der Waals surface area contributed by atoms with E-state index in [2.05, 4.69) is 10.3 Å². The smallest absolute Gasteiger partial charge is 0.229 e. The average Bonchev–Trinajstić information content (AvgIpc) is 2.64. The maximum atomic E-state index is 12.9. The highest BCUT2D eigenvalue weighted by atomic mass is 19.1. The Morgan fingerprint density at radius 2 is 1.72 bits per heavy atom. The molecule has 0 bridgehead atoms. The fourth-order valence-electron chi connectivity index (χ4n) is 2.43. The summed E-state index contributed by atoms with van der Waals surface area (Å²) < 4.78 is 12.9. The number of benzene rings is 2. The third-order valence-electron chi connectivity index (χ3n) is 3.82. The van der Waals surface area contributed by atoms with Crippen LogP contribution in [-0.2, 0) is 11.2 Å². The number of carbonyl (C=O) groups excluding carboxylic acids is 1. The average molecular weight is 335 g/mol. The highest BCUT2D eigenvalue weighted by Crippen LogP contribution is 2.23. The Kier molecular flexibility index (Phi) is 5.04. The monoisotopic (exact) mass is 335 g/mol. The number of rotatable bonds is 5. The molecule has 25 heavy (non-hydrogen) atoms. The molecule has 0 fully saturated rings. The minimum atomic E-state index is -0.316. The van der Waals surface area contributed by atoms with Crippen molar-refractivity contribution in [2.75, 3.05) is 17.3 Å². The first-order valence-electron chi connectivity index (χ1n) is 7.91. The van der Waals surface area contributed by atoms with Crippen LogP contribution in [0.5, 0.6) is 0 Å². The van der Waals surface area contributed by atoms with E-state index in [0.29, 0.717) is 5.82 Å². The molecule has 1 heterocycles. The van der Waals surface area contributed by atoms with Crippen molar-refractivity contribution in [1.82, 2.24) is 4.98 Å². The Bertz CT molecular complexity index is 833. The summed E-state index contributed by atoms with van der Waals surface area (Å²) in [7, 11) is 1.96. The standard InChI is InChI=1S/C20H18FN3O/c1-24(17-5-3-2-4-6-17)18-11-12-19(22-14-18)23-20(25)13-15-7-9-16(21)10-8-15/h2-12,14H,13H2,1H3,(H,22,23,25). The van der Waals surface area contributed by atoms with Crippen LogP contribution in [0, 0.1) is 5.82 Å². The highest BCUT2D eigenvalue weighted by Gasteiger charge is 2.07. The summed E-state index contributed by atoms with van der Waals surface area (Å²) >= 11 is 0. The fraction of sp³-hybridized carbons (Fsp3) is 0.100. The molecular formula is C20H18FN3O. The van der Waals surface area contributed by atoms with Crippen molar-refractivity contribution in [1.29, 1.82) is 0 Å². The molecule has 0 spiro atoms. The number of amides is 1. The molecule has 126 valence electrons. The van der Waals surface area contributed by atoms with Gasteiger partial charge in [-0.1, -0.05) is 30.3 Å². The van der Waals surface area contributed by atoms with E-state index >= 15 is 0 Å². The molecule has 0 radical (unpaired) electrons. The summed E-state index contributed by atoms with van der Waals surface area (Å²) in [5.41, 5.74) is 2.72. The van der Waals surface area contributed by atoms with Crippen molar-refractivity contribution in [3.8, 4) is 0 Å². The first kappa shape index (κ1) is 16.6. The Morgan fingerprint density at radius 1 is 1.00 bits per heavy atom. The molecule has 3 rings (SSSR count). The summed E-state index contributed by atoms with van der Waals surface area (Å²) in [6.07, 6.45) is 1.88. The van der Waals surface area contributed by atoms with Crippen LogP contribution in [0.3, 0.4) is 0 Å². The summed E-state index contributed by atoms with van der Waals surface area (Å²) in [6, 6.07) is 19.5. The topological polar surface area (TPSA) is 45.2 Å². The normalized spacial score (nSPS) is 10.3. The number of para-hydroxylation sites is 1. The number of nitrogens with one attached hydrogen (secondary N) is 1. The van der Waals surface area contributed by atoms with Gasteiger partial charge in [0.15, 0.2) is 0 Å². The zero-order valence-electron chi connectivity index (χ0n) is 13.8. The number of hydrogen-bond donors (Lipinski definition) is 1. The number of nitrogens with zero attached hydrogens (tertiary/aromatic N) is 2. The van der Waals surface area contributed by atoms with Crippen LogP contribution in [-0.4, -0.2) is 17.9 Å². The molecule has 1 aromatic heterocycles. The van der Waals surface area contributed by atoms with Crippen LogP contribution in [0.1, 0.15) is 5.56 Å². The maximum absolute atomic E-state index is 12.9. The van der Waals surface area contributed by atoms with Gasteiger partial charge in [-0.2, -0.15) is 0 Å². The van der Waals surface area contributed by atoms with Gasteiger partial charge in [-0.3, -0.25) is 4.79 Å². The van der Waals surface area contributed by atoms with Gasteiger partial charge in [-0.05, 0) is 42.0 Å². The third-order valence-corrected chi connectivity index (χ3v) is 3.82. The van der Waals surface area contributed by atoms with E-state index in [-0.39, 0.29) is 18.1 Å². The van der Waals surface area contributed by atoms with E-state index in [0.717, 1.165) is 16.9 Å². The van der Waals surface area contributed by atoms with Crippen LogP contribution in [0.25, 0.3) is 0 Å². The zero-order chi connectivity index (χ0) is 17.6. The third kappa shape index (κ3) is 4.41. The van der Waals surface area contributed by atoms with Gasteiger partial charge >= 0.3 is 0 Å². The van der Waals surface area contributed by atoms with Crippen molar-refractivity contribution in [3.05, 3.63) is 84.3 Å². The molecule has 0 saturated carbocycles. The van der Waals surface area contributed by atoms with E-state index in [1.165, 1.54) is 12.1 Å². The summed E-state index contributed by atoms with van der Waals surface area (Å²) in [4.78, 5) is 18.4. The summed E-state index contributed by atoms with van der Waals surface area (Å²) in [5.74, 6) is -0.0236. The molecule has 1 N–H and O–H groups in total. The predicted molar refractivity (Wildman–Crippen MR) is 97.5 cm³/mol. The zero-order valence-corrected chi connectivity index (χ0v) is 13.8. The van der Waals surface area contributed by atoms with Crippen LogP contribution in [0.4, 0.5) is 21.6 Å². The van der Waals surface area contributed by atoms with Gasteiger partial charge in [-0.15, -0.1) is 0 Å². The lowest BCUT2D eigenvalue weighted by Gasteiger charge is -2.19. The van der Waals surface area contributed by atoms with Gasteiger partial charge < -0.3 is 10.2 Å². The Hall–Kier alpha value is -3.21. The lowest BCUT2D eigenvalue weighted by atomic mass is 10.1. The number of aromatic nitrogens is 1. The molecule has 0 aliphatic carbocycles. The van der Waals surface area contributed by atoms with Crippen LogP contribution >= 0.6 is 0 Å². The maximum Gasteiger partial charge on any atom is 0.229 e. The lowest BCUT2D eigenvalue weighted by molar-refractivity contribution is -0.115. The van der Waals surface area contributed by atoms with E-state index in [9.17, 15) is 9.18 Å². The van der Waals surface area contributed by atoms with Crippen molar-refractivity contribution in [2.45, 2.75) is 6.42 Å². The van der Waals surface area contributed by atoms with Crippen LogP contribution in [0.15, 0.2) is 72.9 Å². The fourth-order valence-corrected chi connectivity index (χ4v) is 2.43. The number of halogens is 1. The second kappa shape index (κ2) is 7.57. The Balaban J connectivity index is 1.62. The molecule has 5 heteroatoms. The number of carbonyl (C=O) groups is 1. The van der Waals surface area contributed by atoms with Gasteiger partial charge in [0.25, 0.3) is 0 Å². The number of pyridine rings is 1. The lowest BCUT2D eigenvalue weighted by Crippen LogP contribution is -2.16. The molecule has 0 aliphatic heterocycles. The van der Waals surface area contributed by atoms with Gasteiger partial charge in [0, 0.05) is 12.7 Å². The van der Waals surface area contributed by atoms with Crippen molar-refractivity contribution in [3.63, 3.8) is 0 Å². The van der Waals surface area contributed by atoms with Crippen LogP contribution in [0.2, 0.25) is 0 Å². The molecular weight excluding hydrogens is 317 g/mol. The van der Waals surface area contributed by atoms with E-state index in [1.807, 2.05) is 48.3 Å². The van der Waals surface area contributed by atoms with Crippen molar-refractivity contribution >= 4 is 23.1 Å². The second-order valence-corrected chi connectivity index (χ2v) is 5.65. The first-order valence-corrected chi connectivity index (χ1v) is 7.91. The second-order valence-electron chi connectivity index (χ2n) is 5.65. The molecule has 0 aliphatic rings. The largest absolute Gasteiger partial charge is 0.343 e. The summed E-state index contributed by atoms with van der Waals surface area (Å²) in [5, 5.41) is 2.75. The molecule has 2 aromatic carbocycles. The minimum absolute atomic E-state index is 0.174. The summed E-state index contributed by atoms with van der Waals surface area (Å²) in [6.45, 7) is 0. The van der Waals surface area contributed by atoms with E-state index in [4.69, 9.17) is 0 Å². The first-order chi connectivity index (χ1) is 12.1. The molecule has 0 atom stereocenters. The molecule has 1 amide bonds. The van der Waals surface area contributed by atoms with Gasteiger partial charge in [-0.25, -0.2) is 9.37 Å². The van der Waals surface area contributed by atoms with Crippen molar-refractivity contribution < 1.29 is 9.18 Å². The Labute approximate surface area is 145 Å². The van der Waals surface area contributed by atoms with E-state index < -0.39 is 0 Å². The Morgan fingerprint density at radius 3 is 2.36 bits per heavy atom. The molecule has 0 unspecified atom stereocenters. The molecule has 3 aromatic rings. The predicted octanol–water partition coefficient (Wildman–Crippen LogP) is 4.17. The SMILES string of the molecule is CN(c1ccccc1)c1ccc(NC(=O)Cc2ccc(F)cc2)nc1. The van der Waals surface area contributed by atoms with Crippen LogP contribution < -0.4 is 10.2 Å².